The Balaban J connectivity index is 1.58. The molecule has 2 aromatic heterocycles. The zero-order valence-corrected chi connectivity index (χ0v) is 25.1. The number of halogens is 3. The Hall–Kier alpha value is -3.64. The number of aromatic nitrogens is 3. The SMILES string of the molecule is COCCC(c1cnc(NC(=C=O)[C@@H](NC(=O)c2ccnn2C(C)C)C2CCCCC2)s1)N1C[C@@H](C(F)(F)F)NC1=C=O. The van der Waals surface area contributed by atoms with Crippen LogP contribution in [0.1, 0.15) is 79.8 Å². The largest absolute Gasteiger partial charge is 0.410 e. The maximum absolute atomic E-state index is 13.5. The zero-order valence-electron chi connectivity index (χ0n) is 24.2. The average molecular weight is 624 g/mol. The third-order valence-corrected chi connectivity index (χ3v) is 8.77. The Morgan fingerprint density at radius 1 is 1.26 bits per heavy atom. The summed E-state index contributed by atoms with van der Waals surface area (Å²) in [7, 11) is 1.48. The summed E-state index contributed by atoms with van der Waals surface area (Å²) >= 11 is 1.13. The van der Waals surface area contributed by atoms with Crippen molar-refractivity contribution in [3.05, 3.63) is 40.5 Å². The Kier molecular flexibility index (Phi) is 10.7. The summed E-state index contributed by atoms with van der Waals surface area (Å²) in [5.41, 5.74) is 0.479. The first-order valence-electron chi connectivity index (χ1n) is 14.2. The summed E-state index contributed by atoms with van der Waals surface area (Å²) in [4.78, 5) is 43.5. The number of alkyl halides is 3. The molecule has 1 saturated heterocycles. The monoisotopic (exact) mass is 623 g/mol. The lowest BCUT2D eigenvalue weighted by atomic mass is 9.82. The van der Waals surface area contributed by atoms with Crippen molar-refractivity contribution in [3.63, 3.8) is 0 Å². The number of carbonyl (C=O) groups is 1. The fourth-order valence-electron chi connectivity index (χ4n) is 5.61. The summed E-state index contributed by atoms with van der Waals surface area (Å²) in [5.74, 6) is 2.88. The molecule has 3 N–H and O–H groups in total. The topological polar surface area (TPSA) is 130 Å². The molecule has 1 aliphatic carbocycles. The molecule has 3 heterocycles. The molecule has 0 bridgehead atoms. The molecule has 11 nitrogen and oxygen atoms in total. The second-order valence-corrected chi connectivity index (χ2v) is 12.0. The van der Waals surface area contributed by atoms with Crippen LogP contribution in [0.2, 0.25) is 0 Å². The van der Waals surface area contributed by atoms with Crippen molar-refractivity contribution < 1.29 is 32.3 Å². The first-order chi connectivity index (χ1) is 20.6. The minimum absolute atomic E-state index is 0.0128. The van der Waals surface area contributed by atoms with Gasteiger partial charge in [0.2, 0.25) is 0 Å². The highest BCUT2D eigenvalue weighted by Crippen LogP contribution is 2.38. The van der Waals surface area contributed by atoms with Gasteiger partial charge in [0.25, 0.3) is 5.91 Å². The van der Waals surface area contributed by atoms with E-state index in [-0.39, 0.29) is 42.4 Å². The van der Waals surface area contributed by atoms with Gasteiger partial charge in [-0.25, -0.2) is 14.6 Å². The number of nitrogens with one attached hydrogen (secondary N) is 3. The van der Waals surface area contributed by atoms with Gasteiger partial charge in [0.1, 0.15) is 23.4 Å². The third-order valence-electron chi connectivity index (χ3n) is 7.76. The second kappa shape index (κ2) is 14.2. The molecule has 15 heteroatoms. The molecule has 2 aliphatic rings. The molecule has 2 aromatic rings. The number of thiazole rings is 1. The van der Waals surface area contributed by atoms with Crippen molar-refractivity contribution in [1.82, 2.24) is 30.3 Å². The van der Waals surface area contributed by atoms with Gasteiger partial charge in [0, 0.05) is 43.6 Å². The van der Waals surface area contributed by atoms with Crippen molar-refractivity contribution in [2.24, 2.45) is 5.92 Å². The lowest BCUT2D eigenvalue weighted by Gasteiger charge is -2.31. The van der Waals surface area contributed by atoms with Gasteiger partial charge in [-0.3, -0.25) is 9.48 Å². The molecule has 43 heavy (non-hydrogen) atoms. The van der Waals surface area contributed by atoms with Crippen molar-refractivity contribution in [1.29, 1.82) is 0 Å². The van der Waals surface area contributed by atoms with Crippen LogP contribution in [0.3, 0.4) is 0 Å². The van der Waals surface area contributed by atoms with E-state index in [4.69, 9.17) is 4.74 Å². The summed E-state index contributed by atoms with van der Waals surface area (Å²) in [5, 5.41) is 12.8. The van der Waals surface area contributed by atoms with Crippen molar-refractivity contribution >= 4 is 34.3 Å². The number of hydrogen-bond acceptors (Lipinski definition) is 10. The van der Waals surface area contributed by atoms with E-state index in [0.717, 1.165) is 43.4 Å². The molecule has 1 amide bonds. The molecule has 0 radical (unpaired) electrons. The van der Waals surface area contributed by atoms with E-state index >= 15 is 0 Å². The van der Waals surface area contributed by atoms with E-state index in [1.807, 2.05) is 19.8 Å². The van der Waals surface area contributed by atoms with Gasteiger partial charge in [-0.2, -0.15) is 18.3 Å². The number of ether oxygens (including phenoxy) is 1. The second-order valence-electron chi connectivity index (χ2n) is 11.0. The van der Waals surface area contributed by atoms with Crippen LogP contribution in [0.4, 0.5) is 18.3 Å². The minimum Gasteiger partial charge on any atom is -0.385 e. The number of rotatable bonds is 12. The molecular weight excluding hydrogens is 587 g/mol. The van der Waals surface area contributed by atoms with Crippen molar-refractivity contribution in [3.8, 4) is 0 Å². The van der Waals surface area contributed by atoms with E-state index in [1.54, 1.807) is 22.9 Å². The molecule has 234 valence electrons. The predicted molar refractivity (Wildman–Crippen MR) is 154 cm³/mol. The zero-order chi connectivity index (χ0) is 31.1. The van der Waals surface area contributed by atoms with Gasteiger partial charge in [0.15, 0.2) is 16.9 Å². The normalized spacial score (nSPS) is 19.0. The highest BCUT2D eigenvalue weighted by molar-refractivity contribution is 7.15. The minimum atomic E-state index is -4.56. The molecule has 4 rings (SSSR count). The summed E-state index contributed by atoms with van der Waals surface area (Å²) in [6.07, 6.45) is 3.38. The van der Waals surface area contributed by atoms with Crippen molar-refractivity contribution in [2.75, 3.05) is 25.6 Å². The Labute approximate surface area is 251 Å². The first kappa shape index (κ1) is 32.3. The lowest BCUT2D eigenvalue weighted by molar-refractivity contribution is -0.150. The van der Waals surface area contributed by atoms with Gasteiger partial charge in [-0.1, -0.05) is 30.6 Å². The average Bonchev–Trinajstić information content (AvgIpc) is 3.75. The fourth-order valence-corrected chi connectivity index (χ4v) is 6.59. The lowest BCUT2D eigenvalue weighted by Crippen LogP contribution is -2.45. The third kappa shape index (κ3) is 7.66. The van der Waals surface area contributed by atoms with Crippen LogP contribution in [0.15, 0.2) is 30.0 Å². The molecule has 1 aliphatic heterocycles. The number of methoxy groups -OCH3 is 1. The Bertz CT molecular complexity index is 1360. The maximum atomic E-state index is 13.5. The van der Waals surface area contributed by atoms with Gasteiger partial charge in [0.05, 0.1) is 12.1 Å². The number of hydrogen-bond donors (Lipinski definition) is 3. The van der Waals surface area contributed by atoms with Crippen LogP contribution >= 0.6 is 11.3 Å². The van der Waals surface area contributed by atoms with Gasteiger partial charge < -0.3 is 25.6 Å². The van der Waals surface area contributed by atoms with E-state index in [2.05, 4.69) is 26.0 Å². The maximum Gasteiger partial charge on any atom is 0.410 e. The highest BCUT2D eigenvalue weighted by Gasteiger charge is 2.47. The van der Waals surface area contributed by atoms with Crippen LogP contribution in [0.5, 0.6) is 0 Å². The van der Waals surface area contributed by atoms with Crippen LogP contribution in [0.25, 0.3) is 0 Å². The summed E-state index contributed by atoms with van der Waals surface area (Å²) in [6.45, 7) is 3.56. The molecule has 2 fully saturated rings. The molecular formula is C28H36F3N7O4S. The van der Waals surface area contributed by atoms with E-state index in [1.165, 1.54) is 18.2 Å². The fraction of sp³-hybridized carbons (Fsp3) is 0.607. The summed E-state index contributed by atoms with van der Waals surface area (Å²) in [6, 6.07) is -1.68. The molecule has 1 saturated carbocycles. The smallest absolute Gasteiger partial charge is 0.385 e. The number of amides is 1. The number of carbonyl (C=O) groups excluding carboxylic acids is 3. The quantitative estimate of drug-likeness (QED) is 0.300. The van der Waals surface area contributed by atoms with Crippen LogP contribution in [-0.4, -0.2) is 76.0 Å². The summed E-state index contributed by atoms with van der Waals surface area (Å²) < 4.78 is 47.2. The predicted octanol–water partition coefficient (Wildman–Crippen LogP) is 4.01. The van der Waals surface area contributed by atoms with Gasteiger partial charge >= 0.3 is 6.18 Å². The van der Waals surface area contributed by atoms with E-state index in [9.17, 15) is 27.6 Å². The van der Waals surface area contributed by atoms with Crippen molar-refractivity contribution in [2.45, 2.75) is 82.7 Å². The van der Waals surface area contributed by atoms with Crippen LogP contribution < -0.4 is 16.0 Å². The Morgan fingerprint density at radius 3 is 2.63 bits per heavy atom. The van der Waals surface area contributed by atoms with Gasteiger partial charge in [-0.05, 0) is 45.1 Å². The van der Waals surface area contributed by atoms with E-state index < -0.39 is 30.8 Å². The molecule has 3 atom stereocenters. The molecule has 1 unspecified atom stereocenters. The first-order valence-corrected chi connectivity index (χ1v) is 15.0. The van der Waals surface area contributed by atoms with E-state index in [0.29, 0.717) is 15.7 Å². The highest BCUT2D eigenvalue weighted by atomic mass is 32.1. The van der Waals surface area contributed by atoms with Crippen LogP contribution in [0, 0.1) is 5.92 Å². The number of anilines is 1. The number of nitrogens with zero attached hydrogens (tertiary/aromatic N) is 4. The van der Waals surface area contributed by atoms with Crippen LogP contribution in [-0.2, 0) is 14.3 Å². The molecule has 0 aromatic carbocycles. The molecule has 0 spiro atoms. The van der Waals surface area contributed by atoms with Gasteiger partial charge in [-0.15, -0.1) is 0 Å². The Morgan fingerprint density at radius 2 is 2.00 bits per heavy atom. The standard InChI is InChI=1S/C28H36F3N7O4S/c1-17(2)38-21(9-11-33-38)26(41)36-25(18-7-5-4-6-8-18)19(15-39)34-27-32-13-22(43-27)20(10-12-42-3)37-14-23(28(29,30)31)35-24(37)16-40/h9,11,13,17-18,20,23,25,35H,4-8,10,12,14H2,1-3H3,(H,32,34)(H,36,41)/t20?,23-,25-/m0/s1.